The van der Waals surface area contributed by atoms with E-state index in [1.165, 1.54) is 0 Å². The molecule has 150 valence electrons. The van der Waals surface area contributed by atoms with Gasteiger partial charge in [-0.3, -0.25) is 9.78 Å². The predicted molar refractivity (Wildman–Crippen MR) is 110 cm³/mol. The summed E-state index contributed by atoms with van der Waals surface area (Å²) in [5, 5.41) is 4.41. The van der Waals surface area contributed by atoms with E-state index in [0.717, 1.165) is 23.6 Å². The molecule has 1 aliphatic heterocycles. The fourth-order valence-corrected chi connectivity index (χ4v) is 3.41. The van der Waals surface area contributed by atoms with Crippen LogP contribution in [0.2, 0.25) is 0 Å². The number of rotatable bonds is 5. The topological polar surface area (TPSA) is 76.4 Å². The Hall–Kier alpha value is -3.42. The molecule has 1 fully saturated rings. The Morgan fingerprint density at radius 2 is 1.97 bits per heavy atom. The molecule has 0 aliphatic carbocycles. The average molecular weight is 392 g/mol. The van der Waals surface area contributed by atoms with Crippen LogP contribution in [0.5, 0.6) is 5.88 Å². The molecule has 0 radical (unpaired) electrons. The molecular formula is C21H24N6O2. The fraction of sp³-hybridized carbons (Fsp3) is 0.333. The molecule has 0 saturated carbocycles. The van der Waals surface area contributed by atoms with Crippen LogP contribution in [0.25, 0.3) is 5.69 Å². The lowest BCUT2D eigenvalue weighted by Crippen LogP contribution is -2.31. The number of hydrogen-bond donors (Lipinski definition) is 0. The van der Waals surface area contributed by atoms with Crippen molar-refractivity contribution in [3.05, 3.63) is 60.2 Å². The van der Waals surface area contributed by atoms with Crippen LogP contribution in [0.1, 0.15) is 22.5 Å². The molecule has 2 aromatic heterocycles. The van der Waals surface area contributed by atoms with Gasteiger partial charge >= 0.3 is 0 Å². The molecule has 1 saturated heterocycles. The maximum atomic E-state index is 13.0. The first-order chi connectivity index (χ1) is 14.0. The van der Waals surface area contributed by atoms with Crippen molar-refractivity contribution in [2.24, 2.45) is 0 Å². The summed E-state index contributed by atoms with van der Waals surface area (Å²) in [6, 6.07) is 9.80. The molecule has 1 unspecified atom stereocenters. The van der Waals surface area contributed by atoms with Crippen LogP contribution in [0.15, 0.2) is 48.9 Å². The van der Waals surface area contributed by atoms with E-state index in [1.54, 1.807) is 23.3 Å². The number of para-hydroxylation sites is 1. The molecule has 3 heterocycles. The predicted octanol–water partition coefficient (Wildman–Crippen LogP) is 2.33. The Morgan fingerprint density at radius 3 is 2.72 bits per heavy atom. The van der Waals surface area contributed by atoms with E-state index in [2.05, 4.69) is 15.1 Å². The van der Waals surface area contributed by atoms with Crippen LogP contribution in [0.4, 0.5) is 5.82 Å². The van der Waals surface area contributed by atoms with E-state index in [9.17, 15) is 4.79 Å². The summed E-state index contributed by atoms with van der Waals surface area (Å²) in [5.41, 5.74) is 2.38. The number of benzene rings is 1. The number of nitrogens with zero attached hydrogens (tertiary/aromatic N) is 6. The highest BCUT2D eigenvalue weighted by atomic mass is 16.5. The van der Waals surface area contributed by atoms with Gasteiger partial charge < -0.3 is 14.5 Å². The lowest BCUT2D eigenvalue weighted by Gasteiger charge is -2.17. The zero-order valence-electron chi connectivity index (χ0n) is 16.8. The quantitative estimate of drug-likeness (QED) is 0.663. The van der Waals surface area contributed by atoms with Crippen LogP contribution in [0, 0.1) is 6.92 Å². The van der Waals surface area contributed by atoms with Crippen molar-refractivity contribution in [1.29, 1.82) is 0 Å². The van der Waals surface area contributed by atoms with Crippen LogP contribution in [-0.2, 0) is 0 Å². The normalized spacial score (nSPS) is 16.1. The molecule has 29 heavy (non-hydrogen) atoms. The lowest BCUT2D eigenvalue weighted by molar-refractivity contribution is 0.0770. The number of amides is 1. The third kappa shape index (κ3) is 3.91. The zero-order chi connectivity index (χ0) is 20.4. The third-order valence-electron chi connectivity index (χ3n) is 5.02. The number of aromatic nitrogens is 4. The first-order valence-corrected chi connectivity index (χ1v) is 9.58. The van der Waals surface area contributed by atoms with Gasteiger partial charge in [-0.15, -0.1) is 0 Å². The summed E-state index contributed by atoms with van der Waals surface area (Å²) in [6.45, 7) is 3.07. The van der Waals surface area contributed by atoms with Crippen LogP contribution >= 0.6 is 0 Å². The standard InChI is InChI=1S/C21H24N6O2/c1-15-18(11-23-27(15)16-7-5-4-6-8-16)21(28)26-10-9-17(14-26)29-20-13-22-12-19(24-20)25(2)3/h4-8,11-13,17H,9-10,14H2,1-3H3. The van der Waals surface area contributed by atoms with Crippen molar-refractivity contribution in [1.82, 2.24) is 24.6 Å². The van der Waals surface area contributed by atoms with Gasteiger partial charge in [0.25, 0.3) is 5.91 Å². The average Bonchev–Trinajstić information content (AvgIpc) is 3.35. The van der Waals surface area contributed by atoms with Crippen LogP contribution < -0.4 is 9.64 Å². The summed E-state index contributed by atoms with van der Waals surface area (Å²) >= 11 is 0. The second-order valence-electron chi connectivity index (χ2n) is 7.28. The zero-order valence-corrected chi connectivity index (χ0v) is 16.8. The van der Waals surface area contributed by atoms with Crippen molar-refractivity contribution in [2.75, 3.05) is 32.1 Å². The third-order valence-corrected chi connectivity index (χ3v) is 5.02. The molecule has 8 heteroatoms. The molecule has 3 aromatic rings. The second kappa shape index (κ2) is 7.90. The highest BCUT2D eigenvalue weighted by molar-refractivity contribution is 5.95. The Balaban J connectivity index is 1.44. The van der Waals surface area contributed by atoms with E-state index >= 15 is 0 Å². The summed E-state index contributed by atoms with van der Waals surface area (Å²) < 4.78 is 7.76. The van der Waals surface area contributed by atoms with Crippen molar-refractivity contribution >= 4 is 11.7 Å². The molecule has 8 nitrogen and oxygen atoms in total. The van der Waals surface area contributed by atoms with Crippen LogP contribution in [0.3, 0.4) is 0 Å². The van der Waals surface area contributed by atoms with Gasteiger partial charge in [0.05, 0.1) is 42.1 Å². The summed E-state index contributed by atoms with van der Waals surface area (Å²) in [6.07, 6.45) is 5.59. The number of carbonyl (C=O) groups excluding carboxylic acids is 1. The lowest BCUT2D eigenvalue weighted by atomic mass is 10.2. The maximum absolute atomic E-state index is 13.0. The summed E-state index contributed by atoms with van der Waals surface area (Å²) in [5.74, 6) is 1.19. The van der Waals surface area contributed by atoms with E-state index < -0.39 is 0 Å². The number of ether oxygens (including phenoxy) is 1. The number of carbonyl (C=O) groups is 1. The van der Waals surface area contributed by atoms with Gasteiger partial charge in [0.1, 0.15) is 6.10 Å². The van der Waals surface area contributed by atoms with Gasteiger partial charge in [-0.25, -0.2) is 4.68 Å². The Kier molecular flexibility index (Phi) is 5.16. The minimum absolute atomic E-state index is 0.0242. The minimum atomic E-state index is -0.102. The fourth-order valence-electron chi connectivity index (χ4n) is 3.41. The van der Waals surface area contributed by atoms with Crippen molar-refractivity contribution in [2.45, 2.75) is 19.4 Å². The molecule has 0 bridgehead atoms. The smallest absolute Gasteiger partial charge is 0.257 e. The van der Waals surface area contributed by atoms with Gasteiger partial charge in [0.15, 0.2) is 5.82 Å². The van der Waals surface area contributed by atoms with E-state index in [-0.39, 0.29) is 12.0 Å². The first kappa shape index (κ1) is 18.9. The molecule has 1 aliphatic rings. The van der Waals surface area contributed by atoms with Gasteiger partial charge in [-0.1, -0.05) is 18.2 Å². The maximum Gasteiger partial charge on any atom is 0.257 e. The minimum Gasteiger partial charge on any atom is -0.471 e. The Morgan fingerprint density at radius 1 is 1.17 bits per heavy atom. The number of anilines is 1. The summed E-state index contributed by atoms with van der Waals surface area (Å²) in [4.78, 5) is 25.3. The van der Waals surface area contributed by atoms with Crippen molar-refractivity contribution in [3.8, 4) is 11.6 Å². The second-order valence-corrected chi connectivity index (χ2v) is 7.28. The van der Waals surface area contributed by atoms with E-state index in [4.69, 9.17) is 4.74 Å². The van der Waals surface area contributed by atoms with Crippen molar-refractivity contribution < 1.29 is 9.53 Å². The van der Waals surface area contributed by atoms with Crippen molar-refractivity contribution in [3.63, 3.8) is 0 Å². The molecule has 1 aromatic carbocycles. The molecule has 4 rings (SSSR count). The first-order valence-electron chi connectivity index (χ1n) is 9.58. The highest BCUT2D eigenvalue weighted by Gasteiger charge is 2.30. The highest BCUT2D eigenvalue weighted by Crippen LogP contribution is 2.21. The summed E-state index contributed by atoms with van der Waals surface area (Å²) in [7, 11) is 3.81. The van der Waals surface area contributed by atoms with Gasteiger partial charge in [-0.2, -0.15) is 10.1 Å². The number of hydrogen-bond acceptors (Lipinski definition) is 6. The molecule has 0 spiro atoms. The van der Waals surface area contributed by atoms with E-state index in [0.29, 0.717) is 24.5 Å². The molecule has 0 N–H and O–H groups in total. The van der Waals surface area contributed by atoms with E-state index in [1.807, 2.05) is 61.2 Å². The van der Waals surface area contributed by atoms with Gasteiger partial charge in [0.2, 0.25) is 5.88 Å². The SMILES string of the molecule is Cc1c(C(=O)N2CCC(Oc3cncc(N(C)C)n3)C2)cnn1-c1ccccc1. The number of likely N-dealkylation sites (tertiary alicyclic amines) is 1. The van der Waals surface area contributed by atoms with Crippen LogP contribution in [-0.4, -0.2) is 63.8 Å². The van der Waals surface area contributed by atoms with Gasteiger partial charge in [0, 0.05) is 27.1 Å². The Labute approximate surface area is 169 Å². The Bertz CT molecular complexity index is 1000. The largest absolute Gasteiger partial charge is 0.471 e. The molecule has 1 atom stereocenters. The monoisotopic (exact) mass is 392 g/mol. The van der Waals surface area contributed by atoms with Gasteiger partial charge in [-0.05, 0) is 19.1 Å². The molecule has 1 amide bonds. The molecular weight excluding hydrogens is 368 g/mol.